The number of aromatic hydroxyl groups is 1. The highest BCUT2D eigenvalue weighted by molar-refractivity contribution is 5.89. The van der Waals surface area contributed by atoms with Gasteiger partial charge in [0.05, 0.1) is 36.2 Å². The van der Waals surface area contributed by atoms with Gasteiger partial charge in [-0.2, -0.15) is 0 Å². The summed E-state index contributed by atoms with van der Waals surface area (Å²) in [6, 6.07) is 9.57. The van der Waals surface area contributed by atoms with Crippen molar-refractivity contribution in [2.45, 2.75) is 46.6 Å². The zero-order valence-electron chi connectivity index (χ0n) is 20.0. The summed E-state index contributed by atoms with van der Waals surface area (Å²) in [5.74, 6) is 1.21. The third-order valence-corrected chi connectivity index (χ3v) is 6.30. The number of phenols is 1. The third-order valence-electron chi connectivity index (χ3n) is 6.30. The maximum Gasteiger partial charge on any atom is 0.338 e. The molecule has 0 aliphatic carbocycles. The average Bonchev–Trinajstić information content (AvgIpc) is 2.82. The van der Waals surface area contributed by atoms with Crippen LogP contribution in [0.5, 0.6) is 17.2 Å². The first-order valence-corrected chi connectivity index (χ1v) is 11.9. The summed E-state index contributed by atoms with van der Waals surface area (Å²) in [5.41, 5.74) is 1.18. The van der Waals surface area contributed by atoms with E-state index in [2.05, 4.69) is 6.92 Å². The van der Waals surface area contributed by atoms with E-state index in [1.54, 1.807) is 43.3 Å². The summed E-state index contributed by atoms with van der Waals surface area (Å²) < 4.78 is 17.1. The van der Waals surface area contributed by atoms with Crippen molar-refractivity contribution in [1.82, 2.24) is 0 Å². The number of hydrogen-bond donors (Lipinski definition) is 2. The minimum Gasteiger partial charge on any atom is -0.507 e. The van der Waals surface area contributed by atoms with Crippen LogP contribution in [-0.4, -0.2) is 30.8 Å². The number of ether oxygens (including phenoxy) is 2. The molecular formula is C27H32NO6+. The number of esters is 1. The zero-order valence-corrected chi connectivity index (χ0v) is 20.0. The van der Waals surface area contributed by atoms with Gasteiger partial charge in [0, 0.05) is 5.92 Å². The van der Waals surface area contributed by atoms with Crippen LogP contribution in [0.4, 0.5) is 0 Å². The highest BCUT2D eigenvalue weighted by Crippen LogP contribution is 2.30. The Morgan fingerprint density at radius 1 is 1.21 bits per heavy atom. The maximum absolute atomic E-state index is 13.3. The Hall–Kier alpha value is -3.32. The van der Waals surface area contributed by atoms with Gasteiger partial charge in [-0.1, -0.05) is 13.8 Å². The van der Waals surface area contributed by atoms with Gasteiger partial charge < -0.3 is 23.9 Å². The lowest BCUT2D eigenvalue weighted by Crippen LogP contribution is -3.12. The molecule has 7 nitrogen and oxygen atoms in total. The van der Waals surface area contributed by atoms with Crippen LogP contribution in [0.1, 0.15) is 54.8 Å². The number of fused-ring (bicyclic) bond motifs is 1. The number of nitrogens with one attached hydrogen (secondary N) is 1. The Kier molecular flexibility index (Phi) is 7.22. The highest BCUT2D eigenvalue weighted by atomic mass is 16.5. The summed E-state index contributed by atoms with van der Waals surface area (Å²) in [6.45, 7) is 8.89. The molecule has 1 unspecified atom stereocenters. The van der Waals surface area contributed by atoms with Gasteiger partial charge in [0.15, 0.2) is 5.58 Å². The van der Waals surface area contributed by atoms with Crippen LogP contribution in [0.2, 0.25) is 0 Å². The van der Waals surface area contributed by atoms with Crippen molar-refractivity contribution in [1.29, 1.82) is 0 Å². The lowest BCUT2D eigenvalue weighted by atomic mass is 9.99. The predicted octanol–water partition coefficient (Wildman–Crippen LogP) is 3.98. The Labute approximate surface area is 198 Å². The number of benzene rings is 2. The van der Waals surface area contributed by atoms with Crippen molar-refractivity contribution in [3.05, 3.63) is 63.5 Å². The maximum atomic E-state index is 13.3. The summed E-state index contributed by atoms with van der Waals surface area (Å²) in [4.78, 5) is 26.7. The standard InChI is InChI=1S/C27H31NO6/c1-4-14-32-27(31)19-7-9-20(10-8-19)34-25-18(3)33-26-21(24(25)30)11-12-23(29)22(26)16-28-13-5-6-17(2)15-28/h7-12,17,29H,4-6,13-16H2,1-3H3/p+1/t17-/m1/s1. The van der Waals surface area contributed by atoms with E-state index in [9.17, 15) is 14.7 Å². The van der Waals surface area contributed by atoms with Crippen LogP contribution >= 0.6 is 0 Å². The first-order chi connectivity index (χ1) is 16.4. The number of piperidine rings is 1. The molecule has 2 heterocycles. The Bertz CT molecular complexity index is 1230. The fraction of sp³-hybridized carbons (Fsp3) is 0.407. The first-order valence-electron chi connectivity index (χ1n) is 11.9. The minimum atomic E-state index is -0.396. The van der Waals surface area contributed by atoms with E-state index < -0.39 is 5.97 Å². The third kappa shape index (κ3) is 5.09. The SMILES string of the molecule is CCCOC(=O)c1ccc(Oc2c(C)oc3c(C[NH+]4CCC[C@@H](C)C4)c(O)ccc3c2=O)cc1. The van der Waals surface area contributed by atoms with E-state index in [0.29, 0.717) is 52.7 Å². The molecule has 0 bridgehead atoms. The van der Waals surface area contributed by atoms with Crippen molar-refractivity contribution in [2.24, 2.45) is 5.92 Å². The lowest BCUT2D eigenvalue weighted by molar-refractivity contribution is -0.922. The van der Waals surface area contributed by atoms with Crippen molar-refractivity contribution < 1.29 is 28.7 Å². The second-order valence-electron chi connectivity index (χ2n) is 9.15. The van der Waals surface area contributed by atoms with Gasteiger partial charge in [-0.3, -0.25) is 4.79 Å². The van der Waals surface area contributed by atoms with Gasteiger partial charge in [0.2, 0.25) is 11.2 Å². The van der Waals surface area contributed by atoms with Crippen molar-refractivity contribution >= 4 is 16.9 Å². The molecule has 1 aromatic heterocycles. The first kappa shape index (κ1) is 23.8. The fourth-order valence-corrected chi connectivity index (χ4v) is 4.55. The fourth-order valence-electron chi connectivity index (χ4n) is 4.55. The van der Waals surface area contributed by atoms with E-state index in [1.807, 2.05) is 6.92 Å². The Balaban J connectivity index is 1.62. The number of rotatable bonds is 7. The molecule has 2 atom stereocenters. The number of carbonyl (C=O) groups excluding carboxylic acids is 1. The van der Waals surface area contributed by atoms with E-state index in [0.717, 1.165) is 25.9 Å². The molecule has 2 N–H and O–H groups in total. The van der Waals surface area contributed by atoms with Crippen LogP contribution in [0, 0.1) is 12.8 Å². The van der Waals surface area contributed by atoms with Gasteiger partial charge in [-0.05, 0) is 62.6 Å². The molecule has 0 radical (unpaired) electrons. The number of aryl methyl sites for hydroxylation is 1. The highest BCUT2D eigenvalue weighted by Gasteiger charge is 2.25. The molecule has 0 spiro atoms. The molecule has 1 saturated heterocycles. The second-order valence-corrected chi connectivity index (χ2v) is 9.15. The van der Waals surface area contributed by atoms with Crippen LogP contribution in [0.3, 0.4) is 0 Å². The van der Waals surface area contributed by atoms with E-state index in [4.69, 9.17) is 13.9 Å². The van der Waals surface area contributed by atoms with Crippen molar-refractivity contribution in [3.63, 3.8) is 0 Å². The molecule has 2 aromatic carbocycles. The Morgan fingerprint density at radius 3 is 2.68 bits per heavy atom. The Morgan fingerprint density at radius 2 is 1.97 bits per heavy atom. The number of quaternary nitrogens is 1. The molecule has 7 heteroatoms. The van der Waals surface area contributed by atoms with Crippen LogP contribution in [0.25, 0.3) is 11.0 Å². The monoisotopic (exact) mass is 466 g/mol. The van der Waals surface area contributed by atoms with Gasteiger partial charge in [-0.15, -0.1) is 0 Å². The van der Waals surface area contributed by atoms with Crippen molar-refractivity contribution in [3.8, 4) is 17.2 Å². The largest absolute Gasteiger partial charge is 0.507 e. The molecular weight excluding hydrogens is 434 g/mol. The smallest absolute Gasteiger partial charge is 0.338 e. The number of hydrogen-bond acceptors (Lipinski definition) is 6. The van der Waals surface area contributed by atoms with E-state index in [-0.39, 0.29) is 16.9 Å². The average molecular weight is 467 g/mol. The second kappa shape index (κ2) is 10.3. The van der Waals surface area contributed by atoms with E-state index >= 15 is 0 Å². The van der Waals surface area contributed by atoms with E-state index in [1.165, 1.54) is 11.3 Å². The molecule has 0 saturated carbocycles. The normalized spacial score (nSPS) is 18.1. The van der Waals surface area contributed by atoms with Crippen LogP contribution in [0.15, 0.2) is 45.6 Å². The molecule has 1 aliphatic heterocycles. The van der Waals surface area contributed by atoms with Gasteiger partial charge in [0.25, 0.3) is 0 Å². The minimum absolute atomic E-state index is 0.0874. The summed E-state index contributed by atoms with van der Waals surface area (Å²) in [7, 11) is 0. The van der Waals surface area contributed by atoms with Crippen molar-refractivity contribution in [2.75, 3.05) is 19.7 Å². The predicted molar refractivity (Wildman–Crippen MR) is 129 cm³/mol. The molecule has 1 fully saturated rings. The molecule has 4 rings (SSSR count). The lowest BCUT2D eigenvalue weighted by Gasteiger charge is -2.28. The molecule has 180 valence electrons. The zero-order chi connectivity index (χ0) is 24.2. The van der Waals surface area contributed by atoms with Gasteiger partial charge in [0.1, 0.15) is 23.8 Å². The molecule has 1 aliphatic rings. The number of carbonyl (C=O) groups is 1. The summed E-state index contributed by atoms with van der Waals surface area (Å²) in [5, 5.41) is 10.9. The molecule has 34 heavy (non-hydrogen) atoms. The van der Waals surface area contributed by atoms with Gasteiger partial charge in [-0.25, -0.2) is 4.79 Å². The van der Waals surface area contributed by atoms with Crippen LogP contribution < -0.4 is 15.1 Å². The topological polar surface area (TPSA) is 90.4 Å². The van der Waals surface area contributed by atoms with Gasteiger partial charge >= 0.3 is 5.97 Å². The summed E-state index contributed by atoms with van der Waals surface area (Å²) in [6.07, 6.45) is 3.13. The summed E-state index contributed by atoms with van der Waals surface area (Å²) >= 11 is 0. The van der Waals surface area contributed by atoms with Crippen LogP contribution in [-0.2, 0) is 11.3 Å². The molecule has 3 aromatic rings. The number of likely N-dealkylation sites (tertiary alicyclic amines) is 1. The quantitative estimate of drug-likeness (QED) is 0.512. The molecule has 0 amide bonds. The number of phenolic OH excluding ortho intramolecular Hbond substituents is 1.